The predicted molar refractivity (Wildman–Crippen MR) is 73.0 cm³/mol. The van der Waals surface area contributed by atoms with E-state index in [1.54, 1.807) is 6.92 Å². The van der Waals surface area contributed by atoms with Crippen molar-refractivity contribution in [2.24, 2.45) is 0 Å². The van der Waals surface area contributed by atoms with E-state index in [0.29, 0.717) is 5.56 Å². The zero-order valence-electron chi connectivity index (χ0n) is 11.0. The van der Waals surface area contributed by atoms with Crippen LogP contribution in [0, 0.1) is 6.92 Å². The minimum absolute atomic E-state index is 0.403. The van der Waals surface area contributed by atoms with Crippen LogP contribution in [0.1, 0.15) is 31.8 Å². The summed E-state index contributed by atoms with van der Waals surface area (Å²) in [5, 5.41) is 38.4. The van der Waals surface area contributed by atoms with Crippen LogP contribution in [-0.2, 0) is 0 Å². The molecule has 0 spiro atoms. The van der Waals surface area contributed by atoms with Crippen LogP contribution in [0.5, 0.6) is 17.2 Å². The lowest BCUT2D eigenvalue weighted by atomic mass is 9.94. The number of hydrogen-bond acceptors (Lipinski definition) is 5. The minimum Gasteiger partial charge on any atom is -0.507 e. The molecule has 2 aromatic carbocycles. The van der Waals surface area contributed by atoms with Crippen molar-refractivity contribution in [2.45, 2.75) is 6.92 Å². The summed E-state index contributed by atoms with van der Waals surface area (Å²) >= 11 is 0. The Morgan fingerprint density at radius 1 is 0.905 bits per heavy atom. The standard InChI is InChI=1S/C15H12O6/c1-7-5-8(15(20)21)12(11(18)6-7)14(19)13-9(16)3-2-4-10(13)17/h2-6,16-18H,1H3,(H,20,21). The lowest BCUT2D eigenvalue weighted by molar-refractivity contribution is 0.0691. The number of ketones is 1. The summed E-state index contributed by atoms with van der Waals surface area (Å²) in [4.78, 5) is 23.6. The summed E-state index contributed by atoms with van der Waals surface area (Å²) in [5.41, 5.74) is -0.882. The van der Waals surface area contributed by atoms with Crippen molar-refractivity contribution in [3.8, 4) is 17.2 Å². The highest BCUT2D eigenvalue weighted by atomic mass is 16.4. The van der Waals surface area contributed by atoms with Crippen LogP contribution in [0.4, 0.5) is 0 Å². The van der Waals surface area contributed by atoms with E-state index in [-0.39, 0.29) is 0 Å². The zero-order chi connectivity index (χ0) is 15.7. The number of hydrogen-bond donors (Lipinski definition) is 4. The number of aryl methyl sites for hydroxylation is 1. The first-order valence-electron chi connectivity index (χ1n) is 5.95. The third-order valence-corrected chi connectivity index (χ3v) is 2.97. The Morgan fingerprint density at radius 2 is 1.48 bits per heavy atom. The van der Waals surface area contributed by atoms with E-state index in [2.05, 4.69) is 0 Å². The Balaban J connectivity index is 2.72. The predicted octanol–water partition coefficient (Wildman–Crippen LogP) is 2.04. The molecule has 6 heteroatoms. The van der Waals surface area contributed by atoms with Crippen molar-refractivity contribution in [3.05, 3.63) is 52.6 Å². The highest BCUT2D eigenvalue weighted by Crippen LogP contribution is 2.33. The van der Waals surface area contributed by atoms with Crippen LogP contribution in [0.2, 0.25) is 0 Å². The molecule has 108 valence electrons. The largest absolute Gasteiger partial charge is 0.507 e. The highest BCUT2D eigenvalue weighted by Gasteiger charge is 2.26. The zero-order valence-corrected chi connectivity index (χ0v) is 11.0. The third-order valence-electron chi connectivity index (χ3n) is 2.97. The molecule has 0 aromatic heterocycles. The van der Waals surface area contributed by atoms with Gasteiger partial charge in [0.25, 0.3) is 0 Å². The van der Waals surface area contributed by atoms with Crippen molar-refractivity contribution in [1.82, 2.24) is 0 Å². The van der Waals surface area contributed by atoms with E-state index in [1.165, 1.54) is 30.3 Å². The van der Waals surface area contributed by atoms with Gasteiger partial charge in [-0.05, 0) is 36.8 Å². The molecule has 0 saturated heterocycles. The summed E-state index contributed by atoms with van der Waals surface area (Å²) in [7, 11) is 0. The second-order valence-corrected chi connectivity index (χ2v) is 4.51. The Bertz CT molecular complexity index is 728. The van der Waals surface area contributed by atoms with Crippen molar-refractivity contribution in [1.29, 1.82) is 0 Å². The maximum atomic E-state index is 12.4. The molecule has 0 radical (unpaired) electrons. The van der Waals surface area contributed by atoms with Gasteiger partial charge in [0, 0.05) is 0 Å². The quantitative estimate of drug-likeness (QED) is 0.642. The molecule has 0 aliphatic heterocycles. The number of rotatable bonds is 3. The fourth-order valence-electron chi connectivity index (χ4n) is 2.06. The minimum atomic E-state index is -1.40. The monoisotopic (exact) mass is 288 g/mol. The number of phenols is 3. The summed E-state index contributed by atoms with van der Waals surface area (Å²) in [6.45, 7) is 1.57. The Labute approximate surface area is 119 Å². The van der Waals surface area contributed by atoms with Gasteiger partial charge in [0.05, 0.1) is 11.1 Å². The average Bonchev–Trinajstić information content (AvgIpc) is 2.37. The van der Waals surface area contributed by atoms with Crippen LogP contribution < -0.4 is 0 Å². The molecular weight excluding hydrogens is 276 g/mol. The van der Waals surface area contributed by atoms with Gasteiger partial charge in [-0.3, -0.25) is 4.79 Å². The van der Waals surface area contributed by atoms with Gasteiger partial charge >= 0.3 is 5.97 Å². The Kier molecular flexibility index (Phi) is 3.54. The number of carbonyl (C=O) groups is 2. The van der Waals surface area contributed by atoms with Gasteiger partial charge in [-0.2, -0.15) is 0 Å². The van der Waals surface area contributed by atoms with E-state index in [9.17, 15) is 24.9 Å². The molecule has 2 aromatic rings. The average molecular weight is 288 g/mol. The molecule has 21 heavy (non-hydrogen) atoms. The SMILES string of the molecule is Cc1cc(O)c(C(=O)c2c(O)cccc2O)c(C(=O)O)c1. The number of carboxylic acids is 1. The first-order chi connectivity index (χ1) is 9.82. The van der Waals surface area contributed by atoms with Gasteiger partial charge < -0.3 is 20.4 Å². The molecule has 0 amide bonds. The summed E-state index contributed by atoms with van der Waals surface area (Å²) in [6, 6.07) is 6.15. The number of aromatic carboxylic acids is 1. The van der Waals surface area contributed by atoms with Crippen molar-refractivity contribution in [3.63, 3.8) is 0 Å². The first kappa shape index (κ1) is 14.4. The second kappa shape index (κ2) is 5.16. The highest BCUT2D eigenvalue weighted by molar-refractivity contribution is 6.18. The van der Waals surface area contributed by atoms with Gasteiger partial charge in [-0.25, -0.2) is 4.79 Å². The molecule has 0 atom stereocenters. The maximum Gasteiger partial charge on any atom is 0.336 e. The normalized spacial score (nSPS) is 10.3. The van der Waals surface area contributed by atoms with Gasteiger partial charge in [0.2, 0.25) is 5.78 Å². The van der Waals surface area contributed by atoms with Gasteiger partial charge in [-0.1, -0.05) is 6.07 Å². The molecule has 2 rings (SSSR count). The lowest BCUT2D eigenvalue weighted by Crippen LogP contribution is -2.11. The van der Waals surface area contributed by atoms with Crippen molar-refractivity contribution in [2.75, 3.05) is 0 Å². The van der Waals surface area contributed by atoms with Crippen LogP contribution in [0.15, 0.2) is 30.3 Å². The topological polar surface area (TPSA) is 115 Å². The number of carbonyl (C=O) groups excluding carboxylic acids is 1. The van der Waals surface area contributed by atoms with Crippen molar-refractivity contribution >= 4 is 11.8 Å². The molecule has 0 aliphatic rings. The van der Waals surface area contributed by atoms with Crippen LogP contribution in [0.3, 0.4) is 0 Å². The van der Waals surface area contributed by atoms with E-state index in [0.717, 1.165) is 0 Å². The molecule has 6 nitrogen and oxygen atoms in total. The van der Waals surface area contributed by atoms with E-state index >= 15 is 0 Å². The van der Waals surface area contributed by atoms with Gasteiger partial charge in [0.15, 0.2) is 0 Å². The fourth-order valence-corrected chi connectivity index (χ4v) is 2.06. The van der Waals surface area contributed by atoms with Crippen LogP contribution in [0.25, 0.3) is 0 Å². The van der Waals surface area contributed by atoms with Crippen molar-refractivity contribution < 1.29 is 30.0 Å². The number of benzene rings is 2. The molecule has 0 saturated carbocycles. The number of phenolic OH excluding ortho intramolecular Hbond substituents is 3. The van der Waals surface area contributed by atoms with Gasteiger partial charge in [-0.15, -0.1) is 0 Å². The van der Waals surface area contributed by atoms with E-state index in [4.69, 9.17) is 5.11 Å². The molecule has 0 unspecified atom stereocenters. The molecular formula is C15H12O6. The summed E-state index contributed by atoms with van der Waals surface area (Å²) < 4.78 is 0. The molecule has 0 heterocycles. The Morgan fingerprint density at radius 3 is 2.00 bits per heavy atom. The number of carboxylic acid groups (broad SMARTS) is 1. The summed E-state index contributed by atoms with van der Waals surface area (Å²) in [6.07, 6.45) is 0. The lowest BCUT2D eigenvalue weighted by Gasteiger charge is -2.11. The molecule has 0 aliphatic carbocycles. The molecule has 0 fully saturated rings. The smallest absolute Gasteiger partial charge is 0.336 e. The third kappa shape index (κ3) is 2.51. The molecule has 0 bridgehead atoms. The van der Waals surface area contributed by atoms with Gasteiger partial charge in [0.1, 0.15) is 22.8 Å². The van der Waals surface area contributed by atoms with Crippen LogP contribution >= 0.6 is 0 Å². The van der Waals surface area contributed by atoms with E-state index in [1.807, 2.05) is 0 Å². The number of aromatic hydroxyl groups is 3. The Hall–Kier alpha value is -3.02. The first-order valence-corrected chi connectivity index (χ1v) is 5.95. The maximum absolute atomic E-state index is 12.4. The van der Waals surface area contributed by atoms with Crippen LogP contribution in [-0.4, -0.2) is 32.2 Å². The summed E-state index contributed by atoms with van der Waals surface area (Å²) in [5.74, 6) is -3.90. The fraction of sp³-hybridized carbons (Fsp3) is 0.0667. The molecule has 4 N–H and O–H groups in total. The van der Waals surface area contributed by atoms with E-state index < -0.39 is 45.7 Å². The second-order valence-electron chi connectivity index (χ2n) is 4.51.